The highest BCUT2D eigenvalue weighted by Gasteiger charge is 2.23. The van der Waals surface area contributed by atoms with Gasteiger partial charge in [0.15, 0.2) is 0 Å². The van der Waals surface area contributed by atoms with Crippen molar-refractivity contribution in [3.63, 3.8) is 0 Å². The second-order valence-corrected chi connectivity index (χ2v) is 6.61. The average Bonchev–Trinajstić information content (AvgIpc) is 2.55. The molecule has 1 amide bonds. The first-order valence-electron chi connectivity index (χ1n) is 7.32. The second-order valence-electron chi connectivity index (χ2n) is 5.47. The molecule has 0 bridgehead atoms. The highest BCUT2D eigenvalue weighted by Crippen LogP contribution is 2.36. The maximum atomic E-state index is 12.7. The molecule has 2 heterocycles. The standard InChI is InChI=1S/C17H19N3OS/c1-20(2)16-13(7-5-10-18-16)17(21)19-14-9-11-22-15-8-4-3-6-12(14)15/h3-8,10,14H,9,11H2,1-2H3,(H,19,21)/t14-/m0/s1. The minimum Gasteiger partial charge on any atom is -0.362 e. The zero-order valence-electron chi connectivity index (χ0n) is 12.7. The number of rotatable bonds is 3. The van der Waals surface area contributed by atoms with E-state index in [0.29, 0.717) is 11.4 Å². The summed E-state index contributed by atoms with van der Waals surface area (Å²) in [6, 6.07) is 12.0. The fraction of sp³-hybridized carbons (Fsp3) is 0.294. The molecular formula is C17H19N3OS. The lowest BCUT2D eigenvalue weighted by atomic mass is 10.0. The highest BCUT2D eigenvalue weighted by molar-refractivity contribution is 7.99. The van der Waals surface area contributed by atoms with Gasteiger partial charge in [0.05, 0.1) is 11.6 Å². The van der Waals surface area contributed by atoms with E-state index in [1.54, 1.807) is 12.3 Å². The summed E-state index contributed by atoms with van der Waals surface area (Å²) in [7, 11) is 3.79. The van der Waals surface area contributed by atoms with Gasteiger partial charge in [0.25, 0.3) is 5.91 Å². The summed E-state index contributed by atoms with van der Waals surface area (Å²) < 4.78 is 0. The Hall–Kier alpha value is -2.01. The van der Waals surface area contributed by atoms with Crippen molar-refractivity contribution in [2.75, 3.05) is 24.7 Å². The molecule has 1 aromatic heterocycles. The molecule has 2 aromatic rings. The van der Waals surface area contributed by atoms with Gasteiger partial charge in [-0.2, -0.15) is 0 Å². The number of carbonyl (C=O) groups excluding carboxylic acids is 1. The average molecular weight is 313 g/mol. The third-order valence-corrected chi connectivity index (χ3v) is 4.84. The van der Waals surface area contributed by atoms with Crippen molar-refractivity contribution in [1.29, 1.82) is 0 Å². The topological polar surface area (TPSA) is 45.2 Å². The molecule has 0 saturated carbocycles. The molecule has 0 unspecified atom stereocenters. The van der Waals surface area contributed by atoms with Gasteiger partial charge in [-0.15, -0.1) is 11.8 Å². The van der Waals surface area contributed by atoms with E-state index in [0.717, 1.165) is 12.2 Å². The van der Waals surface area contributed by atoms with Crippen molar-refractivity contribution in [2.24, 2.45) is 0 Å². The number of carbonyl (C=O) groups is 1. The van der Waals surface area contributed by atoms with Gasteiger partial charge in [-0.3, -0.25) is 4.79 Å². The van der Waals surface area contributed by atoms with Gasteiger partial charge in [0.1, 0.15) is 5.82 Å². The molecule has 1 aliphatic heterocycles. The minimum absolute atomic E-state index is 0.0662. The third kappa shape index (κ3) is 2.95. The first-order chi connectivity index (χ1) is 10.7. The van der Waals surface area contributed by atoms with E-state index in [1.165, 1.54) is 10.5 Å². The fourth-order valence-electron chi connectivity index (χ4n) is 2.66. The van der Waals surface area contributed by atoms with E-state index < -0.39 is 0 Å². The molecule has 1 N–H and O–H groups in total. The molecule has 0 aliphatic carbocycles. The van der Waals surface area contributed by atoms with Gasteiger partial charge in [0, 0.05) is 30.9 Å². The number of thioether (sulfide) groups is 1. The zero-order chi connectivity index (χ0) is 15.5. The highest BCUT2D eigenvalue weighted by atomic mass is 32.2. The Balaban J connectivity index is 1.84. The van der Waals surface area contributed by atoms with E-state index in [-0.39, 0.29) is 11.9 Å². The quantitative estimate of drug-likeness (QED) is 0.946. The molecule has 0 radical (unpaired) electrons. The van der Waals surface area contributed by atoms with Crippen LogP contribution in [0, 0.1) is 0 Å². The number of nitrogens with zero attached hydrogens (tertiary/aromatic N) is 2. The lowest BCUT2D eigenvalue weighted by Gasteiger charge is -2.26. The van der Waals surface area contributed by atoms with Crippen LogP contribution in [-0.4, -0.2) is 30.7 Å². The summed E-state index contributed by atoms with van der Waals surface area (Å²) in [5, 5.41) is 3.17. The zero-order valence-corrected chi connectivity index (χ0v) is 13.6. The van der Waals surface area contributed by atoms with Crippen molar-refractivity contribution in [1.82, 2.24) is 10.3 Å². The van der Waals surface area contributed by atoms with E-state index in [9.17, 15) is 4.79 Å². The fourth-order valence-corrected chi connectivity index (χ4v) is 3.78. The molecule has 1 aliphatic rings. The van der Waals surface area contributed by atoms with Gasteiger partial charge >= 0.3 is 0 Å². The van der Waals surface area contributed by atoms with E-state index in [1.807, 2.05) is 49.0 Å². The van der Waals surface area contributed by atoms with Crippen LogP contribution >= 0.6 is 11.8 Å². The smallest absolute Gasteiger partial charge is 0.255 e. The number of pyridine rings is 1. The maximum absolute atomic E-state index is 12.7. The predicted octanol–water partition coefficient (Wildman–Crippen LogP) is 3.11. The van der Waals surface area contributed by atoms with E-state index in [2.05, 4.69) is 22.4 Å². The van der Waals surface area contributed by atoms with Gasteiger partial charge in [-0.1, -0.05) is 18.2 Å². The maximum Gasteiger partial charge on any atom is 0.255 e. The number of amides is 1. The number of aromatic nitrogens is 1. The molecule has 0 spiro atoms. The number of fused-ring (bicyclic) bond motifs is 1. The van der Waals surface area contributed by atoms with Crippen LogP contribution in [0.5, 0.6) is 0 Å². The molecule has 4 nitrogen and oxygen atoms in total. The molecule has 114 valence electrons. The molecular weight excluding hydrogens is 294 g/mol. The first-order valence-corrected chi connectivity index (χ1v) is 8.30. The monoisotopic (exact) mass is 313 g/mol. The van der Waals surface area contributed by atoms with Crippen molar-refractivity contribution in [3.8, 4) is 0 Å². The summed E-state index contributed by atoms with van der Waals surface area (Å²) in [5.41, 5.74) is 1.82. The lowest BCUT2D eigenvalue weighted by molar-refractivity contribution is 0.0935. The number of nitrogens with one attached hydrogen (secondary N) is 1. The molecule has 1 aromatic carbocycles. The van der Waals surface area contributed by atoms with Crippen LogP contribution in [0.1, 0.15) is 28.4 Å². The summed E-state index contributed by atoms with van der Waals surface area (Å²) in [5.74, 6) is 1.65. The van der Waals surface area contributed by atoms with Gasteiger partial charge < -0.3 is 10.2 Å². The van der Waals surface area contributed by atoms with Gasteiger partial charge in [-0.05, 0) is 30.2 Å². The summed E-state index contributed by atoms with van der Waals surface area (Å²) in [4.78, 5) is 20.1. The number of hydrogen-bond donors (Lipinski definition) is 1. The number of anilines is 1. The minimum atomic E-state index is -0.0662. The number of hydrogen-bond acceptors (Lipinski definition) is 4. The van der Waals surface area contributed by atoms with E-state index in [4.69, 9.17) is 0 Å². The van der Waals surface area contributed by atoms with Crippen molar-refractivity contribution in [2.45, 2.75) is 17.4 Å². The first kappa shape index (κ1) is 14.9. The van der Waals surface area contributed by atoms with E-state index >= 15 is 0 Å². The Labute approximate surface area is 134 Å². The van der Waals surface area contributed by atoms with Crippen LogP contribution in [0.15, 0.2) is 47.5 Å². The van der Waals surface area contributed by atoms with Gasteiger partial charge in [0.2, 0.25) is 0 Å². The van der Waals surface area contributed by atoms with Crippen molar-refractivity contribution in [3.05, 3.63) is 53.7 Å². The van der Waals surface area contributed by atoms with Crippen LogP contribution in [0.3, 0.4) is 0 Å². The Morgan fingerprint density at radius 3 is 2.91 bits per heavy atom. The Morgan fingerprint density at radius 1 is 1.27 bits per heavy atom. The van der Waals surface area contributed by atoms with Crippen LogP contribution in [0.2, 0.25) is 0 Å². The summed E-state index contributed by atoms with van der Waals surface area (Å²) >= 11 is 1.85. The SMILES string of the molecule is CN(C)c1ncccc1C(=O)N[C@H]1CCSc2ccccc21. The molecule has 5 heteroatoms. The molecule has 1 atom stereocenters. The Kier molecular flexibility index (Phi) is 4.34. The Morgan fingerprint density at radius 2 is 2.09 bits per heavy atom. The molecule has 22 heavy (non-hydrogen) atoms. The predicted molar refractivity (Wildman–Crippen MR) is 90.6 cm³/mol. The Bertz CT molecular complexity index is 687. The molecule has 0 fully saturated rings. The van der Waals surface area contributed by atoms with Crippen LogP contribution in [0.4, 0.5) is 5.82 Å². The van der Waals surface area contributed by atoms with Crippen molar-refractivity contribution < 1.29 is 4.79 Å². The largest absolute Gasteiger partial charge is 0.362 e. The van der Waals surface area contributed by atoms with Crippen LogP contribution in [-0.2, 0) is 0 Å². The van der Waals surface area contributed by atoms with Crippen LogP contribution < -0.4 is 10.2 Å². The third-order valence-electron chi connectivity index (χ3n) is 3.72. The second kappa shape index (κ2) is 6.40. The van der Waals surface area contributed by atoms with Crippen LogP contribution in [0.25, 0.3) is 0 Å². The normalized spacial score (nSPS) is 16.7. The summed E-state index contributed by atoms with van der Waals surface area (Å²) in [6.07, 6.45) is 2.66. The van der Waals surface area contributed by atoms with Crippen molar-refractivity contribution >= 4 is 23.5 Å². The molecule has 3 rings (SSSR count). The molecule has 0 saturated heterocycles. The summed E-state index contributed by atoms with van der Waals surface area (Å²) in [6.45, 7) is 0. The lowest BCUT2D eigenvalue weighted by Crippen LogP contribution is -2.32. The van der Waals surface area contributed by atoms with Gasteiger partial charge in [-0.25, -0.2) is 4.98 Å². The number of benzene rings is 1.